The normalized spacial score (nSPS) is 11.5. The number of rotatable bonds is 5. The zero-order chi connectivity index (χ0) is 33.7. The van der Waals surface area contributed by atoms with Crippen molar-refractivity contribution in [2.24, 2.45) is 0 Å². The molecule has 0 saturated heterocycles. The first kappa shape index (κ1) is 29.0. The van der Waals surface area contributed by atoms with Gasteiger partial charge in [-0.2, -0.15) is 0 Å². The van der Waals surface area contributed by atoms with Gasteiger partial charge in [0.1, 0.15) is 11.2 Å². The number of hydrogen-bond donors (Lipinski definition) is 0. The number of aromatic nitrogens is 3. The Morgan fingerprint density at radius 2 is 0.922 bits per heavy atom. The van der Waals surface area contributed by atoms with Crippen molar-refractivity contribution in [2.45, 2.75) is 0 Å². The highest BCUT2D eigenvalue weighted by Crippen LogP contribution is 2.43. The molecule has 0 fully saturated rings. The van der Waals surface area contributed by atoms with Crippen LogP contribution in [0.1, 0.15) is 0 Å². The molecule has 238 valence electrons. The maximum Gasteiger partial charge on any atom is 0.164 e. The largest absolute Gasteiger partial charge is 0.456 e. The predicted molar refractivity (Wildman–Crippen MR) is 209 cm³/mol. The molecule has 8 aromatic carbocycles. The van der Waals surface area contributed by atoms with Gasteiger partial charge in [0.25, 0.3) is 0 Å². The summed E-state index contributed by atoms with van der Waals surface area (Å²) in [5.74, 6) is 1.81. The van der Waals surface area contributed by atoms with Crippen LogP contribution in [0.15, 0.2) is 180 Å². The van der Waals surface area contributed by atoms with E-state index in [0.29, 0.717) is 17.5 Å². The molecule has 0 N–H and O–H groups in total. The van der Waals surface area contributed by atoms with E-state index < -0.39 is 0 Å². The van der Waals surface area contributed by atoms with E-state index >= 15 is 0 Å². The summed E-state index contributed by atoms with van der Waals surface area (Å²) in [6.45, 7) is 0. The molecule has 4 heteroatoms. The minimum absolute atomic E-state index is 0.582. The van der Waals surface area contributed by atoms with E-state index in [1.54, 1.807) is 0 Å². The van der Waals surface area contributed by atoms with Crippen LogP contribution in [0.5, 0.6) is 0 Å². The quantitative estimate of drug-likeness (QED) is 0.186. The second-order valence-electron chi connectivity index (χ2n) is 12.8. The lowest BCUT2D eigenvalue weighted by molar-refractivity contribution is 0.669. The number of fused-ring (bicyclic) bond motifs is 6. The van der Waals surface area contributed by atoms with Gasteiger partial charge in [0.2, 0.25) is 0 Å². The Morgan fingerprint density at radius 3 is 1.73 bits per heavy atom. The van der Waals surface area contributed by atoms with E-state index in [1.165, 1.54) is 16.2 Å². The molecule has 10 aromatic rings. The van der Waals surface area contributed by atoms with Crippen molar-refractivity contribution in [1.82, 2.24) is 15.0 Å². The first-order chi connectivity index (χ1) is 25.2. The van der Waals surface area contributed by atoms with Gasteiger partial charge >= 0.3 is 0 Å². The van der Waals surface area contributed by atoms with Crippen molar-refractivity contribution in [3.05, 3.63) is 176 Å². The van der Waals surface area contributed by atoms with Gasteiger partial charge in [-0.15, -0.1) is 0 Å². The first-order valence-corrected chi connectivity index (χ1v) is 17.1. The van der Waals surface area contributed by atoms with E-state index in [0.717, 1.165) is 66.3 Å². The standard InChI is InChI=1S/C47H29N3O/c1-3-12-30(13-4-1)35-19-11-20-37(27-35)46-48-45(33-16-5-2-6-17-33)49-47(50-46)38-28-40(36-23-22-31-14-7-8-18-34(31)26-36)44-42(29-38)51-41-25-24-32-15-9-10-21-39(32)43(41)44/h1-29H. The Balaban J connectivity index is 1.24. The van der Waals surface area contributed by atoms with Crippen LogP contribution in [-0.4, -0.2) is 15.0 Å². The second kappa shape index (κ2) is 11.9. The van der Waals surface area contributed by atoms with Crippen LogP contribution in [0.4, 0.5) is 0 Å². The number of benzene rings is 8. The predicted octanol–water partition coefficient (Wildman–Crippen LogP) is 12.4. The summed E-state index contributed by atoms with van der Waals surface area (Å²) in [4.78, 5) is 15.3. The molecular weight excluding hydrogens is 623 g/mol. The fourth-order valence-corrected chi connectivity index (χ4v) is 7.20. The molecular formula is C47H29N3O. The molecule has 51 heavy (non-hydrogen) atoms. The lowest BCUT2D eigenvalue weighted by atomic mass is 9.93. The van der Waals surface area contributed by atoms with E-state index in [-0.39, 0.29) is 0 Å². The summed E-state index contributed by atoms with van der Waals surface area (Å²) in [6.07, 6.45) is 0. The van der Waals surface area contributed by atoms with Crippen LogP contribution in [0.3, 0.4) is 0 Å². The fraction of sp³-hybridized carbons (Fsp3) is 0. The molecule has 0 spiro atoms. The topological polar surface area (TPSA) is 51.8 Å². The zero-order valence-corrected chi connectivity index (χ0v) is 27.5. The maximum atomic E-state index is 6.70. The smallest absolute Gasteiger partial charge is 0.164 e. The Bertz CT molecular complexity index is 2910. The third-order valence-corrected chi connectivity index (χ3v) is 9.68. The molecule has 10 rings (SSSR count). The number of furan rings is 1. The van der Waals surface area contributed by atoms with Gasteiger partial charge in [0.15, 0.2) is 17.5 Å². The Kier molecular flexibility index (Phi) is 6.78. The average molecular weight is 652 g/mol. The molecule has 0 bridgehead atoms. The molecule has 2 heterocycles. The Hall–Kier alpha value is -6.91. The molecule has 0 atom stereocenters. The third-order valence-electron chi connectivity index (χ3n) is 9.68. The van der Waals surface area contributed by atoms with E-state index in [2.05, 4.69) is 140 Å². The molecule has 4 nitrogen and oxygen atoms in total. The van der Waals surface area contributed by atoms with Crippen LogP contribution in [0.2, 0.25) is 0 Å². The van der Waals surface area contributed by atoms with Crippen LogP contribution in [0, 0.1) is 0 Å². The Morgan fingerprint density at radius 1 is 0.314 bits per heavy atom. The van der Waals surface area contributed by atoms with E-state index in [1.807, 2.05) is 36.4 Å². The molecule has 0 amide bonds. The Labute approximate surface area is 294 Å². The fourth-order valence-electron chi connectivity index (χ4n) is 7.20. The third kappa shape index (κ3) is 5.13. The van der Waals surface area contributed by atoms with Gasteiger partial charge in [-0.3, -0.25) is 0 Å². The van der Waals surface area contributed by atoms with Gasteiger partial charge in [-0.1, -0.05) is 146 Å². The zero-order valence-electron chi connectivity index (χ0n) is 27.5. The minimum atomic E-state index is 0.582. The summed E-state index contributed by atoms with van der Waals surface area (Å²) >= 11 is 0. The van der Waals surface area contributed by atoms with E-state index in [4.69, 9.17) is 19.4 Å². The van der Waals surface area contributed by atoms with Gasteiger partial charge < -0.3 is 4.42 Å². The molecule has 0 radical (unpaired) electrons. The highest BCUT2D eigenvalue weighted by molar-refractivity contribution is 6.23. The lowest BCUT2D eigenvalue weighted by Gasteiger charge is -2.12. The van der Waals surface area contributed by atoms with Crippen molar-refractivity contribution in [1.29, 1.82) is 0 Å². The van der Waals surface area contributed by atoms with E-state index in [9.17, 15) is 0 Å². The summed E-state index contributed by atoms with van der Waals surface area (Å²) in [7, 11) is 0. The minimum Gasteiger partial charge on any atom is -0.456 e. The van der Waals surface area contributed by atoms with Crippen molar-refractivity contribution < 1.29 is 4.42 Å². The summed E-state index contributed by atoms with van der Waals surface area (Å²) < 4.78 is 6.70. The van der Waals surface area contributed by atoms with Crippen molar-refractivity contribution >= 4 is 43.5 Å². The molecule has 0 saturated carbocycles. The maximum absolute atomic E-state index is 6.70. The van der Waals surface area contributed by atoms with Crippen LogP contribution in [-0.2, 0) is 0 Å². The average Bonchev–Trinajstić information content (AvgIpc) is 3.60. The van der Waals surface area contributed by atoms with Crippen LogP contribution < -0.4 is 0 Å². The summed E-state index contributed by atoms with van der Waals surface area (Å²) in [5, 5.41) is 6.90. The van der Waals surface area contributed by atoms with Crippen molar-refractivity contribution in [2.75, 3.05) is 0 Å². The highest BCUT2D eigenvalue weighted by atomic mass is 16.3. The molecule has 0 aliphatic carbocycles. The van der Waals surface area contributed by atoms with Crippen molar-refractivity contribution in [3.8, 4) is 56.4 Å². The monoisotopic (exact) mass is 651 g/mol. The van der Waals surface area contributed by atoms with Gasteiger partial charge in [0.05, 0.1) is 0 Å². The molecule has 2 aromatic heterocycles. The van der Waals surface area contributed by atoms with Crippen LogP contribution >= 0.6 is 0 Å². The molecule has 0 aliphatic rings. The van der Waals surface area contributed by atoms with Gasteiger partial charge in [-0.25, -0.2) is 15.0 Å². The van der Waals surface area contributed by atoms with Gasteiger partial charge in [0, 0.05) is 27.5 Å². The number of nitrogens with zero attached hydrogens (tertiary/aromatic N) is 3. The highest BCUT2D eigenvalue weighted by Gasteiger charge is 2.20. The summed E-state index contributed by atoms with van der Waals surface area (Å²) in [6, 6.07) is 61.0. The molecule has 0 aliphatic heterocycles. The summed E-state index contributed by atoms with van der Waals surface area (Å²) in [5.41, 5.74) is 8.75. The van der Waals surface area contributed by atoms with Crippen LogP contribution in [0.25, 0.3) is 99.9 Å². The first-order valence-electron chi connectivity index (χ1n) is 17.1. The van der Waals surface area contributed by atoms with Gasteiger partial charge in [-0.05, 0) is 74.1 Å². The molecule has 0 unspecified atom stereocenters. The SMILES string of the molecule is c1ccc(-c2cccc(-c3nc(-c4ccccc4)nc(-c4cc(-c5ccc6ccccc6c5)c5c(c4)oc4ccc6ccccc6c45)n3)c2)cc1. The lowest BCUT2D eigenvalue weighted by Crippen LogP contribution is -2.00. The van der Waals surface area contributed by atoms with Crippen molar-refractivity contribution in [3.63, 3.8) is 0 Å². The number of hydrogen-bond acceptors (Lipinski definition) is 4. The second-order valence-corrected chi connectivity index (χ2v) is 12.8.